The normalized spacial score (nSPS) is 10.5. The molecule has 0 saturated carbocycles. The molecule has 0 aliphatic rings. The fraction of sp³-hybridized carbons (Fsp3) is 0. The predicted molar refractivity (Wildman–Crippen MR) is 96.1 cm³/mol. The fourth-order valence-electron chi connectivity index (χ4n) is 2.80. The lowest BCUT2D eigenvalue weighted by molar-refractivity contribution is 1.27. The summed E-state index contributed by atoms with van der Waals surface area (Å²) in [5, 5.41) is 0. The second-order valence-electron chi connectivity index (χ2n) is 5.41. The molecule has 24 heavy (non-hydrogen) atoms. The zero-order valence-corrected chi connectivity index (χ0v) is 13.0. The molecule has 0 aliphatic carbocycles. The summed E-state index contributed by atoms with van der Waals surface area (Å²) in [6.07, 6.45) is 7.27. The maximum Gasteiger partial charge on any atom is 0.0802 e. The Morgan fingerprint density at radius 3 is 1.92 bits per heavy atom. The second-order valence-corrected chi connectivity index (χ2v) is 5.41. The van der Waals surface area contributed by atoms with Crippen molar-refractivity contribution in [3.05, 3.63) is 91.5 Å². The number of nitrogens with zero attached hydrogens (tertiary/aromatic N) is 3. The van der Waals surface area contributed by atoms with Gasteiger partial charge in [-0.05, 0) is 24.3 Å². The summed E-state index contributed by atoms with van der Waals surface area (Å²) in [5.41, 5.74) is 6.04. The van der Waals surface area contributed by atoms with E-state index in [4.69, 9.17) is 0 Å². The van der Waals surface area contributed by atoms with E-state index >= 15 is 0 Å². The van der Waals surface area contributed by atoms with E-state index < -0.39 is 0 Å². The molecule has 0 atom stereocenters. The first-order valence-corrected chi connectivity index (χ1v) is 7.80. The molecule has 0 radical (unpaired) electrons. The summed E-state index contributed by atoms with van der Waals surface area (Å²) in [6.45, 7) is 0. The van der Waals surface area contributed by atoms with Crippen molar-refractivity contribution < 1.29 is 0 Å². The SMILES string of the molecule is c1ccc(-c2ncccc2-c2ncccc2-c2cccnc2)cc1. The van der Waals surface area contributed by atoms with Gasteiger partial charge in [-0.2, -0.15) is 0 Å². The second kappa shape index (κ2) is 6.42. The minimum Gasteiger partial charge on any atom is -0.264 e. The van der Waals surface area contributed by atoms with Gasteiger partial charge in [0.25, 0.3) is 0 Å². The largest absolute Gasteiger partial charge is 0.264 e. The number of hydrogen-bond acceptors (Lipinski definition) is 3. The van der Waals surface area contributed by atoms with Crippen LogP contribution in [0.2, 0.25) is 0 Å². The highest BCUT2D eigenvalue weighted by atomic mass is 14.7. The van der Waals surface area contributed by atoms with Crippen molar-refractivity contribution in [2.24, 2.45) is 0 Å². The number of rotatable bonds is 3. The maximum atomic E-state index is 4.64. The first-order chi connectivity index (χ1) is 11.9. The topological polar surface area (TPSA) is 38.7 Å². The maximum absolute atomic E-state index is 4.64. The molecular weight excluding hydrogens is 294 g/mol. The highest BCUT2D eigenvalue weighted by Crippen LogP contribution is 2.34. The van der Waals surface area contributed by atoms with E-state index in [-0.39, 0.29) is 0 Å². The van der Waals surface area contributed by atoms with E-state index in [2.05, 4.69) is 39.2 Å². The molecule has 114 valence electrons. The number of benzene rings is 1. The van der Waals surface area contributed by atoms with Crippen molar-refractivity contribution in [2.45, 2.75) is 0 Å². The molecule has 3 heterocycles. The molecule has 0 bridgehead atoms. The monoisotopic (exact) mass is 309 g/mol. The summed E-state index contributed by atoms with van der Waals surface area (Å²) < 4.78 is 0. The van der Waals surface area contributed by atoms with Crippen molar-refractivity contribution in [3.63, 3.8) is 0 Å². The van der Waals surface area contributed by atoms with E-state index in [1.54, 1.807) is 6.20 Å². The van der Waals surface area contributed by atoms with Gasteiger partial charge in [0.05, 0.1) is 11.4 Å². The third-order valence-corrected chi connectivity index (χ3v) is 3.89. The molecule has 0 spiro atoms. The Balaban J connectivity index is 1.93. The van der Waals surface area contributed by atoms with E-state index in [1.165, 1.54) is 0 Å². The van der Waals surface area contributed by atoms with Crippen LogP contribution in [-0.4, -0.2) is 15.0 Å². The van der Waals surface area contributed by atoms with Crippen LogP contribution in [0.1, 0.15) is 0 Å². The minimum absolute atomic E-state index is 0.914. The van der Waals surface area contributed by atoms with Crippen molar-refractivity contribution >= 4 is 0 Å². The summed E-state index contributed by atoms with van der Waals surface area (Å²) in [6, 6.07) is 22.2. The minimum atomic E-state index is 0.914. The van der Waals surface area contributed by atoms with Gasteiger partial charge >= 0.3 is 0 Å². The Hall–Kier alpha value is -3.33. The van der Waals surface area contributed by atoms with Crippen LogP contribution in [-0.2, 0) is 0 Å². The summed E-state index contributed by atoms with van der Waals surface area (Å²) in [4.78, 5) is 13.5. The van der Waals surface area contributed by atoms with Crippen LogP contribution in [0.4, 0.5) is 0 Å². The molecule has 4 rings (SSSR count). The van der Waals surface area contributed by atoms with Crippen LogP contribution in [0.15, 0.2) is 91.5 Å². The average Bonchev–Trinajstić information content (AvgIpc) is 2.69. The van der Waals surface area contributed by atoms with Crippen LogP contribution in [0.5, 0.6) is 0 Å². The van der Waals surface area contributed by atoms with Crippen molar-refractivity contribution in [2.75, 3.05) is 0 Å². The standard InChI is InChI=1S/C21H15N3/c1-2-7-16(8-3-1)20-19(11-6-13-23-20)21-18(10-5-14-24-21)17-9-4-12-22-15-17/h1-15H. The van der Waals surface area contributed by atoms with E-state index in [0.29, 0.717) is 0 Å². The van der Waals surface area contributed by atoms with Crippen LogP contribution in [0.25, 0.3) is 33.6 Å². The van der Waals surface area contributed by atoms with Gasteiger partial charge in [-0.1, -0.05) is 42.5 Å². The third-order valence-electron chi connectivity index (χ3n) is 3.89. The molecule has 4 aromatic rings. The molecule has 3 aromatic heterocycles. The summed E-state index contributed by atoms with van der Waals surface area (Å²) in [7, 11) is 0. The fourth-order valence-corrected chi connectivity index (χ4v) is 2.80. The van der Waals surface area contributed by atoms with E-state index in [9.17, 15) is 0 Å². The lowest BCUT2D eigenvalue weighted by Gasteiger charge is -2.12. The van der Waals surface area contributed by atoms with Crippen LogP contribution >= 0.6 is 0 Å². The average molecular weight is 309 g/mol. The molecule has 0 unspecified atom stereocenters. The van der Waals surface area contributed by atoms with Crippen LogP contribution < -0.4 is 0 Å². The first-order valence-electron chi connectivity index (χ1n) is 7.80. The van der Waals surface area contributed by atoms with E-state index in [0.717, 1.165) is 33.6 Å². The highest BCUT2D eigenvalue weighted by molar-refractivity contribution is 5.87. The Labute approximate surface area is 140 Å². The summed E-state index contributed by atoms with van der Waals surface area (Å²) in [5.74, 6) is 0. The number of hydrogen-bond donors (Lipinski definition) is 0. The molecule has 0 amide bonds. The van der Waals surface area contributed by atoms with E-state index in [1.807, 2.05) is 61.1 Å². The third kappa shape index (κ3) is 2.68. The van der Waals surface area contributed by atoms with Gasteiger partial charge in [0.15, 0.2) is 0 Å². The van der Waals surface area contributed by atoms with Crippen molar-refractivity contribution in [3.8, 4) is 33.6 Å². The zero-order chi connectivity index (χ0) is 16.2. The van der Waals surface area contributed by atoms with Gasteiger partial charge in [0, 0.05) is 47.0 Å². The molecule has 0 saturated heterocycles. The van der Waals surface area contributed by atoms with Crippen LogP contribution in [0.3, 0.4) is 0 Å². The summed E-state index contributed by atoms with van der Waals surface area (Å²) >= 11 is 0. The van der Waals surface area contributed by atoms with Gasteiger partial charge in [0.2, 0.25) is 0 Å². The molecule has 0 fully saturated rings. The highest BCUT2D eigenvalue weighted by Gasteiger charge is 2.14. The Kier molecular flexibility index (Phi) is 3.82. The van der Waals surface area contributed by atoms with Gasteiger partial charge in [-0.15, -0.1) is 0 Å². The molecule has 3 nitrogen and oxygen atoms in total. The predicted octanol–water partition coefficient (Wildman–Crippen LogP) is 4.87. The molecule has 3 heteroatoms. The van der Waals surface area contributed by atoms with Crippen molar-refractivity contribution in [1.82, 2.24) is 15.0 Å². The zero-order valence-electron chi connectivity index (χ0n) is 13.0. The Morgan fingerprint density at radius 1 is 0.500 bits per heavy atom. The smallest absolute Gasteiger partial charge is 0.0802 e. The van der Waals surface area contributed by atoms with Gasteiger partial charge < -0.3 is 0 Å². The molecule has 1 aromatic carbocycles. The molecule has 0 N–H and O–H groups in total. The van der Waals surface area contributed by atoms with Gasteiger partial charge in [-0.25, -0.2) is 0 Å². The molecule has 0 aliphatic heterocycles. The van der Waals surface area contributed by atoms with Gasteiger partial charge in [0.1, 0.15) is 0 Å². The van der Waals surface area contributed by atoms with Crippen LogP contribution in [0, 0.1) is 0 Å². The Morgan fingerprint density at radius 2 is 1.17 bits per heavy atom. The quantitative estimate of drug-likeness (QED) is 0.542. The lowest BCUT2D eigenvalue weighted by atomic mass is 9.97. The number of pyridine rings is 3. The molecular formula is C21H15N3. The Bertz CT molecular complexity index is 870. The number of aromatic nitrogens is 3. The first kappa shape index (κ1) is 14.3. The van der Waals surface area contributed by atoms with Crippen molar-refractivity contribution in [1.29, 1.82) is 0 Å². The lowest BCUT2D eigenvalue weighted by Crippen LogP contribution is -1.94. The van der Waals surface area contributed by atoms with Gasteiger partial charge in [-0.3, -0.25) is 15.0 Å².